The number of nitrogens with zero attached hydrogens (tertiary/aromatic N) is 2. The van der Waals surface area contributed by atoms with Gasteiger partial charge in [0.2, 0.25) is 0 Å². The Hall–Kier alpha value is -2.71. The SMILES string of the molecule is COc1ccc([C@H]2Sc3cc(Oc4ccc(Cl)cc4)ccc3N(CCN(C)C)C(=O)[C@H]2O)cc1. The number of halogens is 1. The third-order valence-electron chi connectivity index (χ3n) is 5.55. The number of carbonyl (C=O) groups is 1. The number of hydrogen-bond donors (Lipinski definition) is 1. The van der Waals surface area contributed by atoms with E-state index < -0.39 is 11.4 Å². The highest BCUT2D eigenvalue weighted by Crippen LogP contribution is 2.47. The van der Waals surface area contributed by atoms with Gasteiger partial charge in [0.05, 0.1) is 18.0 Å². The zero-order valence-corrected chi connectivity index (χ0v) is 20.8. The van der Waals surface area contributed by atoms with Gasteiger partial charge in [-0.05, 0) is 74.3 Å². The summed E-state index contributed by atoms with van der Waals surface area (Å²) in [7, 11) is 5.52. The maximum atomic E-state index is 13.4. The van der Waals surface area contributed by atoms with Gasteiger partial charge in [0.15, 0.2) is 0 Å². The number of thioether (sulfide) groups is 1. The van der Waals surface area contributed by atoms with Crippen LogP contribution in [0.15, 0.2) is 71.6 Å². The van der Waals surface area contributed by atoms with Crippen molar-refractivity contribution in [1.29, 1.82) is 0 Å². The van der Waals surface area contributed by atoms with Crippen LogP contribution in [0.5, 0.6) is 17.2 Å². The fourth-order valence-corrected chi connectivity index (χ4v) is 5.12. The highest BCUT2D eigenvalue weighted by molar-refractivity contribution is 7.99. The van der Waals surface area contributed by atoms with Gasteiger partial charge in [0.25, 0.3) is 5.91 Å². The van der Waals surface area contributed by atoms with E-state index in [2.05, 4.69) is 0 Å². The Morgan fingerprint density at radius 1 is 1.00 bits per heavy atom. The molecule has 0 saturated heterocycles. The highest BCUT2D eigenvalue weighted by Gasteiger charge is 2.37. The van der Waals surface area contributed by atoms with E-state index in [4.69, 9.17) is 21.1 Å². The van der Waals surface area contributed by atoms with E-state index >= 15 is 0 Å². The van der Waals surface area contributed by atoms with Gasteiger partial charge in [-0.1, -0.05) is 23.7 Å². The smallest absolute Gasteiger partial charge is 0.257 e. The fraction of sp³-hybridized carbons (Fsp3) is 0.269. The summed E-state index contributed by atoms with van der Waals surface area (Å²) in [5, 5.41) is 11.3. The second-order valence-electron chi connectivity index (χ2n) is 8.24. The van der Waals surface area contributed by atoms with Crippen molar-refractivity contribution in [2.75, 3.05) is 39.2 Å². The summed E-state index contributed by atoms with van der Waals surface area (Å²) >= 11 is 7.44. The molecule has 1 heterocycles. The Morgan fingerprint density at radius 3 is 2.29 bits per heavy atom. The van der Waals surface area contributed by atoms with Crippen LogP contribution >= 0.6 is 23.4 Å². The quantitative estimate of drug-likeness (QED) is 0.480. The van der Waals surface area contributed by atoms with Crippen LogP contribution in [0.25, 0.3) is 0 Å². The predicted molar refractivity (Wildman–Crippen MR) is 136 cm³/mol. The minimum Gasteiger partial charge on any atom is -0.497 e. The lowest BCUT2D eigenvalue weighted by Crippen LogP contribution is -2.43. The van der Waals surface area contributed by atoms with Gasteiger partial charge in [0, 0.05) is 23.0 Å². The van der Waals surface area contributed by atoms with Crippen LogP contribution in [0.3, 0.4) is 0 Å². The van der Waals surface area contributed by atoms with E-state index in [-0.39, 0.29) is 5.91 Å². The third-order valence-corrected chi connectivity index (χ3v) is 7.16. The number of benzene rings is 3. The van der Waals surface area contributed by atoms with Gasteiger partial charge >= 0.3 is 0 Å². The molecule has 0 spiro atoms. The largest absolute Gasteiger partial charge is 0.497 e. The van der Waals surface area contributed by atoms with Crippen molar-refractivity contribution in [1.82, 2.24) is 4.90 Å². The fourth-order valence-electron chi connectivity index (χ4n) is 3.70. The van der Waals surface area contributed by atoms with Gasteiger partial charge in [-0.2, -0.15) is 0 Å². The Balaban J connectivity index is 1.71. The molecule has 0 aliphatic carbocycles. The number of hydrogen-bond acceptors (Lipinski definition) is 6. The normalized spacial score (nSPS) is 17.9. The number of aliphatic hydroxyl groups excluding tert-OH is 1. The lowest BCUT2D eigenvalue weighted by atomic mass is 10.1. The Kier molecular flexibility index (Phi) is 7.68. The number of amides is 1. The molecule has 1 aliphatic heterocycles. The molecular formula is C26H27ClN2O4S. The van der Waals surface area contributed by atoms with Gasteiger partial charge in [-0.3, -0.25) is 4.79 Å². The summed E-state index contributed by atoms with van der Waals surface area (Å²) in [4.78, 5) is 17.9. The van der Waals surface area contributed by atoms with Crippen molar-refractivity contribution >= 4 is 35.0 Å². The first-order valence-corrected chi connectivity index (χ1v) is 12.1. The molecule has 34 heavy (non-hydrogen) atoms. The monoisotopic (exact) mass is 498 g/mol. The molecule has 1 N–H and O–H groups in total. The second kappa shape index (κ2) is 10.7. The summed E-state index contributed by atoms with van der Waals surface area (Å²) < 4.78 is 11.3. The molecule has 0 unspecified atom stereocenters. The zero-order valence-electron chi connectivity index (χ0n) is 19.3. The van der Waals surface area contributed by atoms with E-state index in [9.17, 15) is 9.90 Å². The number of fused-ring (bicyclic) bond motifs is 1. The van der Waals surface area contributed by atoms with Crippen molar-refractivity contribution in [2.45, 2.75) is 16.2 Å². The van der Waals surface area contributed by atoms with Gasteiger partial charge in [0.1, 0.15) is 23.4 Å². The van der Waals surface area contributed by atoms with Crippen LogP contribution in [0.1, 0.15) is 10.8 Å². The summed E-state index contributed by atoms with van der Waals surface area (Å²) in [6.45, 7) is 1.13. The van der Waals surface area contributed by atoms with E-state index in [1.807, 2.05) is 61.5 Å². The maximum absolute atomic E-state index is 13.4. The van der Waals surface area contributed by atoms with E-state index in [1.165, 1.54) is 11.8 Å². The Bertz CT molecular complexity index is 1140. The summed E-state index contributed by atoms with van der Waals surface area (Å²) in [6, 6.07) is 20.2. The number of aliphatic hydroxyl groups is 1. The summed E-state index contributed by atoms with van der Waals surface area (Å²) in [6.07, 6.45) is -1.20. The molecule has 2 atom stereocenters. The molecule has 4 rings (SSSR count). The van der Waals surface area contributed by atoms with E-state index in [0.717, 1.165) is 21.9 Å². The van der Waals surface area contributed by atoms with Crippen LogP contribution in [-0.2, 0) is 4.79 Å². The van der Waals surface area contributed by atoms with Crippen LogP contribution in [0.2, 0.25) is 5.02 Å². The summed E-state index contributed by atoms with van der Waals surface area (Å²) in [5.74, 6) is 1.70. The molecular weight excluding hydrogens is 472 g/mol. The molecule has 0 saturated carbocycles. The molecule has 3 aromatic carbocycles. The standard InChI is InChI=1S/C26H27ClN2O4S/c1-28(2)14-15-29-22-13-12-21(33-20-10-6-18(27)7-11-20)16-23(22)34-25(24(30)26(29)31)17-4-8-19(32-3)9-5-17/h4-13,16,24-25,30H,14-15H2,1-3H3/t24-,25+/m0/s1. The number of ether oxygens (including phenoxy) is 2. The number of rotatable bonds is 7. The van der Waals surface area contributed by atoms with Crippen molar-refractivity contribution in [3.05, 3.63) is 77.3 Å². The first-order valence-electron chi connectivity index (χ1n) is 10.9. The van der Waals surface area contributed by atoms with Crippen molar-refractivity contribution in [3.63, 3.8) is 0 Å². The molecule has 0 bridgehead atoms. The third kappa shape index (κ3) is 5.50. The first kappa shape index (κ1) is 24.4. The first-order chi connectivity index (χ1) is 16.4. The molecule has 8 heteroatoms. The topological polar surface area (TPSA) is 62.2 Å². The second-order valence-corrected chi connectivity index (χ2v) is 9.85. The molecule has 0 aromatic heterocycles. The summed E-state index contributed by atoms with van der Waals surface area (Å²) in [5.41, 5.74) is 1.60. The van der Waals surface area contributed by atoms with Crippen LogP contribution in [0, 0.1) is 0 Å². The lowest BCUT2D eigenvalue weighted by Gasteiger charge is -2.26. The molecule has 1 aliphatic rings. The van der Waals surface area contributed by atoms with Crippen molar-refractivity contribution in [2.24, 2.45) is 0 Å². The number of methoxy groups -OCH3 is 1. The predicted octanol–water partition coefficient (Wildman–Crippen LogP) is 5.24. The van der Waals surface area contributed by atoms with Crippen LogP contribution < -0.4 is 14.4 Å². The maximum Gasteiger partial charge on any atom is 0.257 e. The van der Waals surface area contributed by atoms with Crippen LogP contribution in [-0.4, -0.2) is 56.3 Å². The highest BCUT2D eigenvalue weighted by atomic mass is 35.5. The van der Waals surface area contributed by atoms with Crippen molar-refractivity contribution < 1.29 is 19.4 Å². The molecule has 0 radical (unpaired) electrons. The van der Waals surface area contributed by atoms with Gasteiger partial charge in [-0.25, -0.2) is 0 Å². The number of anilines is 1. The number of likely N-dealkylation sites (N-methyl/N-ethyl adjacent to an activating group) is 1. The Labute approximate surface area is 209 Å². The van der Waals surface area contributed by atoms with Crippen molar-refractivity contribution in [3.8, 4) is 17.2 Å². The average Bonchev–Trinajstić information content (AvgIpc) is 2.93. The molecule has 3 aromatic rings. The molecule has 0 fully saturated rings. The molecule has 178 valence electrons. The van der Waals surface area contributed by atoms with Crippen LogP contribution in [0.4, 0.5) is 5.69 Å². The molecule has 6 nitrogen and oxygen atoms in total. The van der Waals surface area contributed by atoms with E-state index in [0.29, 0.717) is 29.6 Å². The van der Waals surface area contributed by atoms with Gasteiger partial charge in [-0.15, -0.1) is 11.8 Å². The number of carbonyl (C=O) groups excluding carboxylic acids is 1. The Morgan fingerprint density at radius 2 is 1.65 bits per heavy atom. The molecule has 1 amide bonds. The lowest BCUT2D eigenvalue weighted by molar-refractivity contribution is -0.126. The zero-order chi connectivity index (χ0) is 24.2. The van der Waals surface area contributed by atoms with E-state index in [1.54, 1.807) is 36.3 Å². The minimum absolute atomic E-state index is 0.319. The minimum atomic E-state index is -1.20. The average molecular weight is 499 g/mol. The van der Waals surface area contributed by atoms with Gasteiger partial charge < -0.3 is 24.4 Å².